The van der Waals surface area contributed by atoms with Crippen LogP contribution in [0.15, 0.2) is 29.8 Å². The molecule has 1 N–H and O–H groups in total. The van der Waals surface area contributed by atoms with Gasteiger partial charge in [0.1, 0.15) is 5.65 Å². The molecule has 0 bridgehead atoms. The van der Waals surface area contributed by atoms with Crippen LogP contribution in [0.4, 0.5) is 13.2 Å². The van der Waals surface area contributed by atoms with Gasteiger partial charge in [-0.3, -0.25) is 9.59 Å². The molecule has 0 atom stereocenters. The van der Waals surface area contributed by atoms with E-state index in [2.05, 4.69) is 4.98 Å². The van der Waals surface area contributed by atoms with E-state index in [9.17, 15) is 27.9 Å². The summed E-state index contributed by atoms with van der Waals surface area (Å²) >= 11 is 1.06. The zero-order chi connectivity index (χ0) is 24.7. The van der Waals surface area contributed by atoms with E-state index in [1.807, 2.05) is 16.7 Å². The summed E-state index contributed by atoms with van der Waals surface area (Å²) in [5.41, 5.74) is 1.12. The molecular formula is C24H26F3N3O3S. The lowest BCUT2D eigenvalue weighted by molar-refractivity contribution is -0.147. The minimum Gasteiger partial charge on any atom is -0.481 e. The third kappa shape index (κ3) is 4.82. The first kappa shape index (κ1) is 24.3. The SMILES string of the molecule is CC(C)(CCCC(=O)N1CCc2c(n(Cc3cc(C(F)(F)F)cs3)c3ncccc23)C1)C(=O)O. The van der Waals surface area contributed by atoms with Crippen LogP contribution in [0.5, 0.6) is 0 Å². The van der Waals surface area contributed by atoms with Gasteiger partial charge in [0, 0.05) is 40.5 Å². The monoisotopic (exact) mass is 493 g/mol. The molecule has 3 aromatic rings. The van der Waals surface area contributed by atoms with Crippen LogP contribution in [0.2, 0.25) is 0 Å². The lowest BCUT2D eigenvalue weighted by atomic mass is 9.87. The summed E-state index contributed by atoms with van der Waals surface area (Å²) in [7, 11) is 0. The predicted octanol–water partition coefficient (Wildman–Crippen LogP) is 5.33. The number of fused-ring (bicyclic) bond motifs is 3. The molecule has 0 saturated carbocycles. The number of carbonyl (C=O) groups excluding carboxylic acids is 1. The van der Waals surface area contributed by atoms with E-state index in [4.69, 9.17) is 0 Å². The molecule has 1 amide bonds. The summed E-state index contributed by atoms with van der Waals surface area (Å²) in [6.45, 7) is 4.43. The molecule has 0 aromatic carbocycles. The van der Waals surface area contributed by atoms with Gasteiger partial charge in [-0.05, 0) is 56.9 Å². The van der Waals surface area contributed by atoms with Crippen molar-refractivity contribution in [1.29, 1.82) is 0 Å². The first-order valence-electron chi connectivity index (χ1n) is 11.1. The summed E-state index contributed by atoms with van der Waals surface area (Å²) in [6.07, 6.45) is -0.963. The zero-order valence-corrected chi connectivity index (χ0v) is 19.8. The zero-order valence-electron chi connectivity index (χ0n) is 19.0. The van der Waals surface area contributed by atoms with Crippen LogP contribution in [-0.2, 0) is 35.3 Å². The number of alkyl halides is 3. The first-order valence-corrected chi connectivity index (χ1v) is 12.0. The Morgan fingerprint density at radius 1 is 1.26 bits per heavy atom. The minimum atomic E-state index is -4.39. The van der Waals surface area contributed by atoms with E-state index in [0.717, 1.165) is 33.4 Å². The Morgan fingerprint density at radius 2 is 2.03 bits per heavy atom. The van der Waals surface area contributed by atoms with Crippen LogP contribution >= 0.6 is 11.3 Å². The van der Waals surface area contributed by atoms with E-state index in [0.29, 0.717) is 42.9 Å². The number of carbonyl (C=O) groups is 2. The van der Waals surface area contributed by atoms with Crippen molar-refractivity contribution in [1.82, 2.24) is 14.5 Å². The van der Waals surface area contributed by atoms with Gasteiger partial charge in [-0.25, -0.2) is 4.98 Å². The average Bonchev–Trinajstić information content (AvgIpc) is 3.37. The number of hydrogen-bond acceptors (Lipinski definition) is 4. The van der Waals surface area contributed by atoms with Crippen LogP contribution < -0.4 is 0 Å². The van der Waals surface area contributed by atoms with Crippen molar-refractivity contribution in [3.05, 3.63) is 51.5 Å². The number of thiophene rings is 1. The van der Waals surface area contributed by atoms with Gasteiger partial charge in [-0.15, -0.1) is 11.3 Å². The number of nitrogens with zero attached hydrogens (tertiary/aromatic N) is 3. The summed E-state index contributed by atoms with van der Waals surface area (Å²) in [5, 5.41) is 11.3. The van der Waals surface area contributed by atoms with Crippen molar-refractivity contribution in [3.8, 4) is 0 Å². The lowest BCUT2D eigenvalue weighted by Crippen LogP contribution is -2.36. The molecule has 0 spiro atoms. The van der Waals surface area contributed by atoms with Crippen LogP contribution in [-0.4, -0.2) is 38.0 Å². The quantitative estimate of drug-likeness (QED) is 0.483. The number of rotatable bonds is 7. The molecule has 4 heterocycles. The van der Waals surface area contributed by atoms with Crippen molar-refractivity contribution < 1.29 is 27.9 Å². The van der Waals surface area contributed by atoms with Gasteiger partial charge in [0.05, 0.1) is 24.1 Å². The normalized spacial score (nSPS) is 14.4. The lowest BCUT2D eigenvalue weighted by Gasteiger charge is -2.29. The highest BCUT2D eigenvalue weighted by atomic mass is 32.1. The van der Waals surface area contributed by atoms with Crippen LogP contribution in [0.3, 0.4) is 0 Å². The third-order valence-corrected chi connectivity index (χ3v) is 7.35. The number of aromatic nitrogens is 2. The predicted molar refractivity (Wildman–Crippen MR) is 123 cm³/mol. The summed E-state index contributed by atoms with van der Waals surface area (Å²) in [5.74, 6) is -0.936. The van der Waals surface area contributed by atoms with Crippen molar-refractivity contribution in [2.24, 2.45) is 5.41 Å². The second kappa shape index (κ2) is 9.05. The first-order chi connectivity index (χ1) is 16.0. The van der Waals surface area contributed by atoms with Gasteiger partial charge in [-0.1, -0.05) is 0 Å². The van der Waals surface area contributed by atoms with Crippen molar-refractivity contribution in [3.63, 3.8) is 0 Å². The van der Waals surface area contributed by atoms with E-state index < -0.39 is 23.1 Å². The van der Waals surface area contributed by atoms with E-state index in [1.165, 1.54) is 6.07 Å². The largest absolute Gasteiger partial charge is 0.481 e. The fraction of sp³-hybridized carbons (Fsp3) is 0.458. The maximum absolute atomic E-state index is 13.1. The molecule has 0 aliphatic carbocycles. The number of carboxylic acid groups (broad SMARTS) is 1. The summed E-state index contributed by atoms with van der Waals surface area (Å²) in [4.78, 5) is 31.0. The van der Waals surface area contributed by atoms with Gasteiger partial charge in [0.2, 0.25) is 5.91 Å². The Kier molecular flexibility index (Phi) is 6.46. The molecule has 1 aliphatic heterocycles. The number of aliphatic carboxylic acids is 1. The minimum absolute atomic E-state index is 0.0490. The van der Waals surface area contributed by atoms with E-state index >= 15 is 0 Å². The molecule has 0 unspecified atom stereocenters. The third-order valence-electron chi connectivity index (χ3n) is 6.43. The van der Waals surface area contributed by atoms with Crippen molar-refractivity contribution in [2.75, 3.05) is 6.54 Å². The number of amides is 1. The molecule has 0 fully saturated rings. The number of carboxylic acids is 1. The van der Waals surface area contributed by atoms with Gasteiger partial charge in [0.15, 0.2) is 0 Å². The number of hydrogen-bond donors (Lipinski definition) is 1. The Balaban J connectivity index is 1.55. The maximum atomic E-state index is 13.1. The van der Waals surface area contributed by atoms with Crippen molar-refractivity contribution >= 4 is 34.2 Å². The van der Waals surface area contributed by atoms with Gasteiger partial charge in [-0.2, -0.15) is 13.2 Å². The maximum Gasteiger partial charge on any atom is 0.417 e. The topological polar surface area (TPSA) is 75.4 Å². The average molecular weight is 494 g/mol. The van der Waals surface area contributed by atoms with Crippen molar-refractivity contribution in [2.45, 2.75) is 58.8 Å². The molecule has 0 radical (unpaired) electrons. The second-order valence-electron chi connectivity index (χ2n) is 9.29. The molecule has 1 aliphatic rings. The fourth-order valence-corrected chi connectivity index (χ4v) is 5.24. The van der Waals surface area contributed by atoms with Gasteiger partial charge in [0.25, 0.3) is 0 Å². The van der Waals surface area contributed by atoms with Crippen LogP contribution in [0.1, 0.15) is 54.8 Å². The van der Waals surface area contributed by atoms with E-state index in [-0.39, 0.29) is 18.9 Å². The molecule has 0 saturated heterocycles. The number of pyridine rings is 1. The number of halogens is 3. The Hall–Kier alpha value is -2.88. The van der Waals surface area contributed by atoms with Crippen LogP contribution in [0.25, 0.3) is 11.0 Å². The highest BCUT2D eigenvalue weighted by Crippen LogP contribution is 2.35. The fourth-order valence-electron chi connectivity index (χ4n) is 4.36. The molecule has 34 heavy (non-hydrogen) atoms. The summed E-state index contributed by atoms with van der Waals surface area (Å²) in [6, 6.07) is 4.96. The second-order valence-corrected chi connectivity index (χ2v) is 10.3. The van der Waals surface area contributed by atoms with Gasteiger partial charge >= 0.3 is 12.1 Å². The highest BCUT2D eigenvalue weighted by molar-refractivity contribution is 7.10. The van der Waals surface area contributed by atoms with E-state index in [1.54, 1.807) is 24.9 Å². The standard InChI is InChI=1S/C24H26F3N3O3S/c1-23(2,22(32)33)8-3-6-20(31)29-10-7-17-18-5-4-9-28-21(18)30(19(17)13-29)12-16-11-15(14-34-16)24(25,26)27/h4-5,9,11,14H,3,6-8,10,12-13H2,1-2H3,(H,32,33). The highest BCUT2D eigenvalue weighted by Gasteiger charge is 2.32. The molecule has 4 rings (SSSR count). The Labute approximate surface area is 199 Å². The molecule has 6 nitrogen and oxygen atoms in total. The Morgan fingerprint density at radius 3 is 2.71 bits per heavy atom. The molecule has 10 heteroatoms. The smallest absolute Gasteiger partial charge is 0.417 e. The molecule has 3 aromatic heterocycles. The van der Waals surface area contributed by atoms with Crippen LogP contribution in [0, 0.1) is 5.41 Å². The molecular weight excluding hydrogens is 467 g/mol. The Bertz CT molecular complexity index is 1230. The summed E-state index contributed by atoms with van der Waals surface area (Å²) < 4.78 is 41.2. The molecule has 182 valence electrons. The van der Waals surface area contributed by atoms with Gasteiger partial charge < -0.3 is 14.6 Å².